The van der Waals surface area contributed by atoms with Gasteiger partial charge in [0.1, 0.15) is 0 Å². The van der Waals surface area contributed by atoms with E-state index in [1.807, 2.05) is 0 Å². The van der Waals surface area contributed by atoms with Crippen molar-refractivity contribution in [1.29, 1.82) is 0 Å². The number of hydrogen-bond donors (Lipinski definition) is 1. The third-order valence-corrected chi connectivity index (χ3v) is 1.02. The number of aromatic carboxylic acids is 1. The zero-order valence-electron chi connectivity index (χ0n) is 6.74. The monoisotopic (exact) mass is 220 g/mol. The van der Waals surface area contributed by atoms with E-state index in [2.05, 4.69) is 0 Å². The molecule has 0 radical (unpaired) electrons. The predicted molar refractivity (Wildman–Crippen MR) is 56.4 cm³/mol. The third-order valence-electron chi connectivity index (χ3n) is 1.02. The summed E-state index contributed by atoms with van der Waals surface area (Å²) in [5, 5.41) is 8.38. The first kappa shape index (κ1) is 29.2. The van der Waals surface area contributed by atoms with Crippen molar-refractivity contribution in [3.63, 3.8) is 0 Å². The van der Waals surface area contributed by atoms with Gasteiger partial charge in [-0.05, 0) is 12.1 Å². The van der Waals surface area contributed by atoms with Crippen LogP contribution in [-0.4, -0.2) is 56.0 Å². The lowest BCUT2D eigenvalue weighted by molar-refractivity contribution is 0.0697. The minimum atomic E-state index is -0.879. The molecule has 0 aromatic heterocycles. The van der Waals surface area contributed by atoms with Crippen molar-refractivity contribution in [2.24, 2.45) is 0 Å². The second-order valence-electron chi connectivity index (χ2n) is 1.67. The Morgan fingerprint density at radius 1 is 0.929 bits per heavy atom. The molecule has 0 unspecified atom stereocenters. The van der Waals surface area contributed by atoms with Gasteiger partial charge < -0.3 is 27.0 Å². The predicted octanol–water partition coefficient (Wildman–Crippen LogP) is -2.83. The zero-order valence-corrected chi connectivity index (χ0v) is 6.74. The summed E-state index contributed by atoms with van der Waals surface area (Å²) in [5.74, 6) is -0.879. The SMILES string of the molecule is O.O.O.O.O=C(O)c1ccccc1.[MgH2]. The minimum absolute atomic E-state index is 0. The Hall–Kier alpha value is -0.704. The van der Waals surface area contributed by atoms with E-state index < -0.39 is 5.97 Å². The van der Waals surface area contributed by atoms with Gasteiger partial charge in [0.15, 0.2) is 0 Å². The van der Waals surface area contributed by atoms with Gasteiger partial charge in [-0.25, -0.2) is 4.79 Å². The number of rotatable bonds is 1. The van der Waals surface area contributed by atoms with Crippen LogP contribution < -0.4 is 0 Å². The van der Waals surface area contributed by atoms with Crippen molar-refractivity contribution < 1.29 is 31.8 Å². The number of benzene rings is 1. The first-order chi connectivity index (χ1) is 4.30. The van der Waals surface area contributed by atoms with Crippen molar-refractivity contribution in [1.82, 2.24) is 0 Å². The summed E-state index contributed by atoms with van der Waals surface area (Å²) in [5.41, 5.74) is 0.331. The van der Waals surface area contributed by atoms with E-state index in [9.17, 15) is 4.79 Å². The van der Waals surface area contributed by atoms with Crippen LogP contribution in [0, 0.1) is 0 Å². The largest absolute Gasteiger partial charge is 0.478 e. The Morgan fingerprint density at radius 2 is 1.29 bits per heavy atom. The average Bonchev–Trinajstić information content (AvgIpc) is 1.90. The van der Waals surface area contributed by atoms with Gasteiger partial charge in [0, 0.05) is 0 Å². The fraction of sp³-hybridized carbons (Fsp3) is 0. The van der Waals surface area contributed by atoms with Crippen LogP contribution >= 0.6 is 0 Å². The van der Waals surface area contributed by atoms with Gasteiger partial charge in [-0.15, -0.1) is 0 Å². The first-order valence-corrected chi connectivity index (χ1v) is 2.59. The molecule has 0 fully saturated rings. The van der Waals surface area contributed by atoms with Crippen LogP contribution in [0.3, 0.4) is 0 Å². The quantitative estimate of drug-likeness (QED) is 0.505. The Bertz CT molecular complexity index is 215. The van der Waals surface area contributed by atoms with Crippen LogP contribution in [0.1, 0.15) is 10.4 Å². The zero-order chi connectivity index (χ0) is 6.69. The van der Waals surface area contributed by atoms with Crippen LogP contribution in [0.4, 0.5) is 0 Å². The van der Waals surface area contributed by atoms with Crippen molar-refractivity contribution in [2.75, 3.05) is 0 Å². The van der Waals surface area contributed by atoms with Gasteiger partial charge in [0.25, 0.3) is 0 Å². The fourth-order valence-corrected chi connectivity index (χ4v) is 0.581. The summed E-state index contributed by atoms with van der Waals surface area (Å²) in [6.07, 6.45) is 0. The molecule has 14 heavy (non-hydrogen) atoms. The van der Waals surface area contributed by atoms with Crippen LogP contribution in [0.2, 0.25) is 0 Å². The molecule has 7 heteroatoms. The van der Waals surface area contributed by atoms with Crippen LogP contribution in [0.25, 0.3) is 0 Å². The van der Waals surface area contributed by atoms with Crippen molar-refractivity contribution in [3.05, 3.63) is 35.9 Å². The third kappa shape index (κ3) is 9.38. The molecule has 0 saturated carbocycles. The van der Waals surface area contributed by atoms with Crippen molar-refractivity contribution in [3.8, 4) is 0 Å². The minimum Gasteiger partial charge on any atom is -0.478 e. The molecule has 0 bridgehead atoms. The highest BCUT2D eigenvalue weighted by atomic mass is 24.3. The molecule has 1 aromatic rings. The lowest BCUT2D eigenvalue weighted by atomic mass is 10.2. The number of hydrogen-bond acceptors (Lipinski definition) is 1. The Balaban J connectivity index is -0.0000000540. The summed E-state index contributed by atoms with van der Waals surface area (Å²) >= 11 is 0. The van der Waals surface area contributed by atoms with Crippen LogP contribution in [0.5, 0.6) is 0 Å². The molecule has 0 aliphatic rings. The van der Waals surface area contributed by atoms with Crippen molar-refractivity contribution in [2.45, 2.75) is 0 Å². The summed E-state index contributed by atoms with van der Waals surface area (Å²) in [6.45, 7) is 0. The van der Waals surface area contributed by atoms with E-state index in [1.54, 1.807) is 30.3 Å². The number of carboxylic acids is 1. The summed E-state index contributed by atoms with van der Waals surface area (Å²) in [6, 6.07) is 8.30. The Labute approximate surface area is 96.9 Å². The second-order valence-corrected chi connectivity index (χ2v) is 1.67. The Morgan fingerprint density at radius 3 is 1.50 bits per heavy atom. The van der Waals surface area contributed by atoms with Crippen molar-refractivity contribution >= 4 is 29.0 Å². The topological polar surface area (TPSA) is 163 Å². The van der Waals surface area contributed by atoms with E-state index in [-0.39, 0.29) is 45.0 Å². The molecule has 82 valence electrons. The average molecular weight is 221 g/mol. The second kappa shape index (κ2) is 14.8. The van der Waals surface area contributed by atoms with Gasteiger partial charge in [0.05, 0.1) is 5.56 Å². The standard InChI is InChI=1S/C7H6O2.Mg.4H2O.2H/c8-7(9)6-4-2-1-3-5-6;;;;;;;/h1-5H,(H,8,9);;4*1H2;;. The maximum atomic E-state index is 10.2. The summed E-state index contributed by atoms with van der Waals surface area (Å²) < 4.78 is 0. The molecule has 6 nitrogen and oxygen atoms in total. The highest BCUT2D eigenvalue weighted by Crippen LogP contribution is 1.96. The first-order valence-electron chi connectivity index (χ1n) is 2.59. The molecule has 0 amide bonds. The summed E-state index contributed by atoms with van der Waals surface area (Å²) in [7, 11) is 0. The normalized spacial score (nSPS) is 5.71. The number of carbonyl (C=O) groups is 1. The van der Waals surface area contributed by atoms with Gasteiger partial charge >= 0.3 is 29.0 Å². The Kier molecular flexibility index (Phi) is 30.9. The maximum absolute atomic E-state index is 10.2. The molecule has 0 aliphatic carbocycles. The van der Waals surface area contributed by atoms with Gasteiger partial charge in [-0.2, -0.15) is 0 Å². The van der Waals surface area contributed by atoms with Gasteiger partial charge in [0.2, 0.25) is 0 Å². The molecule has 0 saturated heterocycles. The molecular weight excluding hydrogens is 204 g/mol. The van der Waals surface area contributed by atoms with Crippen LogP contribution in [0.15, 0.2) is 30.3 Å². The maximum Gasteiger partial charge on any atom is 0.335 e. The molecule has 0 spiro atoms. The van der Waals surface area contributed by atoms with E-state index in [1.165, 1.54) is 0 Å². The smallest absolute Gasteiger partial charge is 0.335 e. The summed E-state index contributed by atoms with van der Waals surface area (Å²) in [4.78, 5) is 10.2. The highest BCUT2D eigenvalue weighted by Gasteiger charge is 1.96. The van der Waals surface area contributed by atoms with Gasteiger partial charge in [-0.1, -0.05) is 18.2 Å². The highest BCUT2D eigenvalue weighted by molar-refractivity contribution is 5.87. The molecule has 0 aliphatic heterocycles. The van der Waals surface area contributed by atoms with E-state index in [0.29, 0.717) is 5.56 Å². The molecule has 0 atom stereocenters. The van der Waals surface area contributed by atoms with Gasteiger partial charge in [-0.3, -0.25) is 0 Å². The molecule has 9 N–H and O–H groups in total. The van der Waals surface area contributed by atoms with E-state index in [4.69, 9.17) is 5.11 Å². The van der Waals surface area contributed by atoms with Crippen LogP contribution in [-0.2, 0) is 0 Å². The lowest BCUT2D eigenvalue weighted by Crippen LogP contribution is -1.93. The molecule has 1 aromatic carbocycles. The molecule has 0 heterocycles. The molecular formula is C7H16MgO6. The van der Waals surface area contributed by atoms with E-state index >= 15 is 0 Å². The molecule has 1 rings (SSSR count). The fourth-order valence-electron chi connectivity index (χ4n) is 0.581. The number of carboxylic acid groups (broad SMARTS) is 1. The van der Waals surface area contributed by atoms with E-state index in [0.717, 1.165) is 0 Å². The lowest BCUT2D eigenvalue weighted by Gasteiger charge is -1.88.